The van der Waals surface area contributed by atoms with Crippen LogP contribution in [0.4, 0.5) is 13.2 Å². The Morgan fingerprint density at radius 3 is 2.61 bits per heavy atom. The highest BCUT2D eigenvalue weighted by atomic mass is 19.4. The summed E-state index contributed by atoms with van der Waals surface area (Å²) in [5.74, 6) is -0.601. The minimum absolute atomic E-state index is 0.00301. The smallest absolute Gasteiger partial charge is 0.393 e. The van der Waals surface area contributed by atoms with Crippen molar-refractivity contribution in [2.24, 2.45) is 0 Å². The number of halogens is 3. The van der Waals surface area contributed by atoms with Crippen molar-refractivity contribution in [2.45, 2.75) is 33.1 Å². The standard InChI is InChI=1S/C11H12F3NO3/c1-7-9(5-11(12,13)14)3-4-15(17)10(7)6-18-8(2)16/h3-4H,5-6H2,1-2H3. The van der Waals surface area contributed by atoms with E-state index in [0.717, 1.165) is 19.2 Å². The Hall–Kier alpha value is -1.79. The second-order valence-corrected chi connectivity index (χ2v) is 3.81. The molecule has 4 nitrogen and oxygen atoms in total. The molecule has 0 aliphatic carbocycles. The zero-order valence-electron chi connectivity index (χ0n) is 9.87. The molecule has 1 heterocycles. The first-order valence-electron chi connectivity index (χ1n) is 5.11. The number of carbonyl (C=O) groups excluding carboxylic acids is 1. The Bertz CT molecular complexity index is 458. The lowest BCUT2D eigenvalue weighted by molar-refractivity contribution is -0.616. The van der Waals surface area contributed by atoms with E-state index in [1.54, 1.807) is 0 Å². The normalized spacial score (nSPS) is 11.4. The van der Waals surface area contributed by atoms with Crippen LogP contribution in [0.3, 0.4) is 0 Å². The van der Waals surface area contributed by atoms with Crippen LogP contribution in [0, 0.1) is 12.1 Å². The predicted octanol–water partition coefficient (Wildman–Crippen LogP) is 1.80. The molecule has 0 amide bonds. The fourth-order valence-corrected chi connectivity index (χ4v) is 1.47. The van der Waals surface area contributed by atoms with Crippen LogP contribution in [0.15, 0.2) is 12.3 Å². The summed E-state index contributed by atoms with van der Waals surface area (Å²) in [6, 6.07) is 1.12. The molecule has 0 bridgehead atoms. The molecule has 18 heavy (non-hydrogen) atoms. The van der Waals surface area contributed by atoms with Crippen molar-refractivity contribution in [2.75, 3.05) is 0 Å². The van der Waals surface area contributed by atoms with E-state index in [0.29, 0.717) is 4.73 Å². The molecule has 0 spiro atoms. The summed E-state index contributed by atoms with van der Waals surface area (Å²) >= 11 is 0. The molecular weight excluding hydrogens is 251 g/mol. The second-order valence-electron chi connectivity index (χ2n) is 3.81. The molecule has 0 unspecified atom stereocenters. The van der Waals surface area contributed by atoms with E-state index in [1.807, 2.05) is 0 Å². The highest BCUT2D eigenvalue weighted by molar-refractivity contribution is 5.65. The summed E-state index contributed by atoms with van der Waals surface area (Å²) in [4.78, 5) is 10.6. The molecule has 0 radical (unpaired) electrons. The highest BCUT2D eigenvalue weighted by Gasteiger charge is 2.30. The minimum Gasteiger partial charge on any atom is -0.618 e. The number of hydrogen-bond acceptors (Lipinski definition) is 3. The van der Waals surface area contributed by atoms with Gasteiger partial charge in [0.1, 0.15) is 0 Å². The van der Waals surface area contributed by atoms with E-state index in [1.165, 1.54) is 6.92 Å². The van der Waals surface area contributed by atoms with Crippen LogP contribution in [0.5, 0.6) is 0 Å². The van der Waals surface area contributed by atoms with Gasteiger partial charge in [-0.05, 0) is 12.5 Å². The molecule has 0 saturated carbocycles. The van der Waals surface area contributed by atoms with Gasteiger partial charge in [-0.25, -0.2) is 0 Å². The number of esters is 1. The first-order chi connectivity index (χ1) is 8.20. The molecule has 0 atom stereocenters. The Morgan fingerprint density at radius 2 is 2.11 bits per heavy atom. The van der Waals surface area contributed by atoms with Crippen LogP contribution in [-0.2, 0) is 22.6 Å². The Kier molecular flexibility index (Phi) is 4.15. The minimum atomic E-state index is -4.35. The third kappa shape index (κ3) is 3.90. The summed E-state index contributed by atoms with van der Waals surface area (Å²) in [7, 11) is 0. The molecule has 0 aromatic carbocycles. The van der Waals surface area contributed by atoms with Crippen molar-refractivity contribution in [1.82, 2.24) is 0 Å². The molecular formula is C11H12F3NO3. The van der Waals surface area contributed by atoms with E-state index >= 15 is 0 Å². The Balaban J connectivity index is 3.02. The van der Waals surface area contributed by atoms with Gasteiger partial charge in [0.2, 0.25) is 5.69 Å². The molecule has 7 heteroatoms. The summed E-state index contributed by atoms with van der Waals surface area (Å²) in [6.07, 6.45) is -4.49. The number of hydrogen-bond donors (Lipinski definition) is 0. The number of carbonyl (C=O) groups is 1. The summed E-state index contributed by atoms with van der Waals surface area (Å²) in [5.41, 5.74) is 0.190. The van der Waals surface area contributed by atoms with Crippen molar-refractivity contribution in [3.05, 3.63) is 34.3 Å². The zero-order chi connectivity index (χ0) is 13.9. The number of aromatic nitrogens is 1. The maximum atomic E-state index is 12.3. The van der Waals surface area contributed by atoms with E-state index in [-0.39, 0.29) is 23.4 Å². The third-order valence-corrected chi connectivity index (χ3v) is 2.39. The SMILES string of the molecule is CC(=O)OCc1c(C)c(CC(F)(F)F)cc[n+]1[O-]. The Morgan fingerprint density at radius 1 is 1.50 bits per heavy atom. The van der Waals surface area contributed by atoms with Gasteiger partial charge in [0, 0.05) is 18.6 Å². The van der Waals surface area contributed by atoms with Crippen LogP contribution in [0.25, 0.3) is 0 Å². The lowest BCUT2D eigenvalue weighted by Crippen LogP contribution is -2.34. The van der Waals surface area contributed by atoms with Crippen LogP contribution < -0.4 is 4.73 Å². The Labute approximate surface area is 102 Å². The molecule has 0 fully saturated rings. The number of alkyl halides is 3. The van der Waals surface area contributed by atoms with Gasteiger partial charge in [-0.1, -0.05) is 0 Å². The summed E-state index contributed by atoms with van der Waals surface area (Å²) in [6.45, 7) is 2.22. The molecule has 1 rings (SSSR count). The van der Waals surface area contributed by atoms with E-state index in [9.17, 15) is 23.2 Å². The molecule has 1 aromatic heterocycles. The largest absolute Gasteiger partial charge is 0.618 e. The maximum absolute atomic E-state index is 12.3. The topological polar surface area (TPSA) is 53.2 Å². The van der Waals surface area contributed by atoms with Crippen molar-refractivity contribution in [3.63, 3.8) is 0 Å². The van der Waals surface area contributed by atoms with Gasteiger partial charge in [-0.15, -0.1) is 0 Å². The summed E-state index contributed by atoms with van der Waals surface area (Å²) in [5, 5.41) is 11.4. The zero-order valence-corrected chi connectivity index (χ0v) is 9.87. The van der Waals surface area contributed by atoms with Crippen LogP contribution in [-0.4, -0.2) is 12.1 Å². The molecule has 0 N–H and O–H groups in total. The molecule has 1 aromatic rings. The summed E-state index contributed by atoms with van der Waals surface area (Å²) < 4.78 is 41.9. The average molecular weight is 263 g/mol. The van der Waals surface area contributed by atoms with E-state index < -0.39 is 18.6 Å². The fourth-order valence-electron chi connectivity index (χ4n) is 1.47. The van der Waals surface area contributed by atoms with Crippen LogP contribution in [0.1, 0.15) is 23.7 Å². The maximum Gasteiger partial charge on any atom is 0.393 e. The first-order valence-corrected chi connectivity index (χ1v) is 5.11. The number of nitrogens with zero attached hydrogens (tertiary/aromatic N) is 1. The van der Waals surface area contributed by atoms with Gasteiger partial charge in [0.15, 0.2) is 12.8 Å². The first kappa shape index (κ1) is 14.3. The van der Waals surface area contributed by atoms with Crippen LogP contribution >= 0.6 is 0 Å². The highest BCUT2D eigenvalue weighted by Crippen LogP contribution is 2.23. The van der Waals surface area contributed by atoms with Gasteiger partial charge in [0.25, 0.3) is 0 Å². The molecule has 100 valence electrons. The fraction of sp³-hybridized carbons (Fsp3) is 0.455. The van der Waals surface area contributed by atoms with E-state index in [2.05, 4.69) is 4.74 Å². The van der Waals surface area contributed by atoms with Gasteiger partial charge >= 0.3 is 12.1 Å². The molecule has 0 aliphatic heterocycles. The van der Waals surface area contributed by atoms with Crippen molar-refractivity contribution < 1.29 is 27.4 Å². The second kappa shape index (κ2) is 5.24. The predicted molar refractivity (Wildman–Crippen MR) is 55.4 cm³/mol. The lowest BCUT2D eigenvalue weighted by Gasteiger charge is -2.12. The van der Waals surface area contributed by atoms with Crippen molar-refractivity contribution >= 4 is 5.97 Å². The van der Waals surface area contributed by atoms with Gasteiger partial charge in [0.05, 0.1) is 6.42 Å². The van der Waals surface area contributed by atoms with E-state index in [4.69, 9.17) is 0 Å². The third-order valence-electron chi connectivity index (χ3n) is 2.39. The monoisotopic (exact) mass is 263 g/mol. The quantitative estimate of drug-likeness (QED) is 0.474. The lowest BCUT2D eigenvalue weighted by atomic mass is 10.1. The van der Waals surface area contributed by atoms with Crippen molar-refractivity contribution in [1.29, 1.82) is 0 Å². The molecule has 0 saturated heterocycles. The number of ether oxygens (including phenoxy) is 1. The number of rotatable bonds is 3. The molecule has 0 aliphatic rings. The average Bonchev–Trinajstić information content (AvgIpc) is 2.20. The van der Waals surface area contributed by atoms with Crippen molar-refractivity contribution in [3.8, 4) is 0 Å². The van der Waals surface area contributed by atoms with Crippen LogP contribution in [0.2, 0.25) is 0 Å². The number of pyridine rings is 1. The van der Waals surface area contributed by atoms with Gasteiger partial charge in [-0.3, -0.25) is 4.79 Å². The van der Waals surface area contributed by atoms with Gasteiger partial charge in [-0.2, -0.15) is 17.9 Å². The van der Waals surface area contributed by atoms with Gasteiger partial charge < -0.3 is 9.94 Å².